The van der Waals surface area contributed by atoms with Gasteiger partial charge in [-0.05, 0) is 34.7 Å². The number of hydrogen-bond donors (Lipinski definition) is 2. The fraction of sp³-hybridized carbons (Fsp3) is 0. The molecule has 2 N–H and O–H groups in total. The molecule has 0 atom stereocenters. The van der Waals surface area contributed by atoms with Gasteiger partial charge in [0.1, 0.15) is 11.4 Å². The molecule has 184 valence electrons. The number of hydrogen-bond acceptors (Lipinski definition) is 8. The summed E-state index contributed by atoms with van der Waals surface area (Å²) >= 11 is 0. The summed E-state index contributed by atoms with van der Waals surface area (Å²) in [6.07, 6.45) is 2.61. The summed E-state index contributed by atoms with van der Waals surface area (Å²) in [6.45, 7) is 8.31. The minimum Gasteiger partial charge on any atom is -0.290 e. The average molecular weight is 504 g/mol. The van der Waals surface area contributed by atoms with Crippen molar-refractivity contribution in [3.05, 3.63) is 92.3 Å². The van der Waals surface area contributed by atoms with Crippen LogP contribution in [0.4, 0.5) is 0 Å². The zero-order valence-electron chi connectivity index (χ0n) is 19.5. The molecule has 14 nitrogen and oxygen atoms in total. The van der Waals surface area contributed by atoms with Gasteiger partial charge in [-0.15, -0.1) is 30.0 Å². The lowest BCUT2D eigenvalue weighted by atomic mass is 10.1. The summed E-state index contributed by atoms with van der Waals surface area (Å²) in [6, 6.07) is 14.2. The molecule has 0 radical (unpaired) electrons. The predicted octanol–water partition coefficient (Wildman–Crippen LogP) is -0.277. The Morgan fingerprint density at radius 3 is 1.37 bits per heavy atom. The molecule has 0 bridgehead atoms. The molecular weight excluding hydrogens is 488 g/mol. The van der Waals surface area contributed by atoms with Crippen molar-refractivity contribution in [2.45, 2.75) is 0 Å². The predicted molar refractivity (Wildman–Crippen MR) is 137 cm³/mol. The Morgan fingerprint density at radius 1 is 0.605 bits per heavy atom. The number of H-pyrrole nitrogens is 2. The zero-order valence-corrected chi connectivity index (χ0v) is 19.5. The number of aromatic amines is 2. The smallest absolute Gasteiger partial charge is 0.279 e. The van der Waals surface area contributed by atoms with Crippen LogP contribution in [0.25, 0.3) is 57.7 Å². The summed E-state index contributed by atoms with van der Waals surface area (Å²) in [7, 11) is 0. The van der Waals surface area contributed by atoms with Crippen LogP contribution in [0, 0.1) is 0 Å². The number of rotatable bonds is 4. The van der Waals surface area contributed by atoms with Gasteiger partial charge < -0.3 is 0 Å². The molecule has 0 saturated heterocycles. The SMILES string of the molecule is C=c1c2[nH]n(-c3ccccc3-n3ncnn3)c(=O)c2c(=C)c2[nH]n(-c3ccccc3-n3ncnn3)c(=O)c12. The van der Waals surface area contributed by atoms with Crippen LogP contribution in [0.5, 0.6) is 0 Å². The van der Waals surface area contributed by atoms with Crippen LogP contribution in [0.15, 0.2) is 70.8 Å². The molecule has 0 aliphatic carbocycles. The number of benzene rings is 3. The van der Waals surface area contributed by atoms with Gasteiger partial charge in [-0.2, -0.15) is 0 Å². The number of para-hydroxylation sites is 4. The van der Waals surface area contributed by atoms with Crippen molar-refractivity contribution in [2.75, 3.05) is 0 Å². The average Bonchev–Trinajstić information content (AvgIpc) is 3.75. The topological polar surface area (TPSA) is 163 Å². The van der Waals surface area contributed by atoms with Gasteiger partial charge in [-0.3, -0.25) is 19.8 Å². The van der Waals surface area contributed by atoms with Crippen molar-refractivity contribution in [3.8, 4) is 22.7 Å². The Labute approximate surface area is 210 Å². The minimum absolute atomic E-state index is 0.295. The number of aromatic nitrogens is 12. The molecule has 14 heteroatoms. The molecule has 0 amide bonds. The molecule has 7 aromatic rings. The second-order valence-corrected chi connectivity index (χ2v) is 8.39. The molecule has 0 spiro atoms. The van der Waals surface area contributed by atoms with Crippen LogP contribution in [0.1, 0.15) is 0 Å². The van der Waals surface area contributed by atoms with E-state index in [0.29, 0.717) is 55.0 Å². The second kappa shape index (κ2) is 7.79. The first-order valence-corrected chi connectivity index (χ1v) is 11.3. The molecule has 4 aromatic heterocycles. The monoisotopic (exact) mass is 504 g/mol. The number of fused-ring (bicyclic) bond motifs is 2. The van der Waals surface area contributed by atoms with Crippen molar-refractivity contribution < 1.29 is 0 Å². The summed E-state index contributed by atoms with van der Waals surface area (Å²) < 4.78 is 2.71. The van der Waals surface area contributed by atoms with Crippen LogP contribution >= 0.6 is 0 Å². The van der Waals surface area contributed by atoms with Gasteiger partial charge in [-0.25, -0.2) is 9.36 Å². The fourth-order valence-corrected chi connectivity index (χ4v) is 4.66. The van der Waals surface area contributed by atoms with Crippen molar-refractivity contribution in [2.24, 2.45) is 0 Å². The van der Waals surface area contributed by atoms with Crippen LogP contribution in [0.2, 0.25) is 0 Å². The van der Waals surface area contributed by atoms with Gasteiger partial charge in [0.05, 0.1) is 33.2 Å². The minimum atomic E-state index is -0.370. The second-order valence-electron chi connectivity index (χ2n) is 8.39. The molecule has 0 fully saturated rings. The summed E-state index contributed by atoms with van der Waals surface area (Å²) in [5.74, 6) is 0. The van der Waals surface area contributed by atoms with E-state index in [2.05, 4.69) is 54.2 Å². The Hall–Kier alpha value is -5.92. The maximum atomic E-state index is 13.7. The van der Waals surface area contributed by atoms with Crippen molar-refractivity contribution in [1.29, 1.82) is 0 Å². The van der Waals surface area contributed by atoms with Crippen LogP contribution < -0.4 is 21.6 Å². The number of nitrogens with zero attached hydrogens (tertiary/aromatic N) is 10. The molecule has 0 unspecified atom stereocenters. The summed E-state index contributed by atoms with van der Waals surface area (Å²) in [5.41, 5.74) is 2.07. The Kier molecular flexibility index (Phi) is 4.38. The van der Waals surface area contributed by atoms with Crippen LogP contribution in [-0.2, 0) is 0 Å². The highest BCUT2D eigenvalue weighted by molar-refractivity contribution is 5.96. The molecule has 3 aromatic carbocycles. The maximum absolute atomic E-state index is 13.7. The number of tetrazole rings is 2. The fourth-order valence-electron chi connectivity index (χ4n) is 4.66. The lowest BCUT2D eigenvalue weighted by Crippen LogP contribution is -2.22. The van der Waals surface area contributed by atoms with Crippen molar-refractivity contribution in [3.63, 3.8) is 0 Å². The highest BCUT2D eigenvalue weighted by Gasteiger charge is 2.21. The van der Waals surface area contributed by atoms with E-state index in [1.165, 1.54) is 31.6 Å². The standard InChI is InChI=1S/C24H16N12O2/c1-13-19-22(30-33(23(19)37)15-7-3-5-9-17(15)35-27-11-25-31-35)14(2)20-21(13)29-34(24(20)38)16-8-4-6-10-18(16)36-28-12-26-32-36/h3-12,29-30H,1-2H2. The van der Waals surface area contributed by atoms with E-state index in [4.69, 9.17) is 0 Å². The number of nitrogens with one attached hydrogen (secondary N) is 2. The van der Waals surface area contributed by atoms with Crippen LogP contribution in [0.3, 0.4) is 0 Å². The highest BCUT2D eigenvalue weighted by Crippen LogP contribution is 2.18. The van der Waals surface area contributed by atoms with Crippen molar-refractivity contribution in [1.82, 2.24) is 60.0 Å². The van der Waals surface area contributed by atoms with E-state index in [1.807, 2.05) is 0 Å². The van der Waals surface area contributed by atoms with E-state index in [1.54, 1.807) is 48.5 Å². The summed E-state index contributed by atoms with van der Waals surface area (Å²) in [5, 5.41) is 31.1. The first kappa shape index (κ1) is 21.4. The Balaban J connectivity index is 1.51. The molecule has 38 heavy (non-hydrogen) atoms. The van der Waals surface area contributed by atoms with E-state index < -0.39 is 0 Å². The van der Waals surface area contributed by atoms with Gasteiger partial charge in [-0.1, -0.05) is 37.4 Å². The maximum Gasteiger partial charge on any atom is 0.279 e. The third-order valence-corrected chi connectivity index (χ3v) is 6.36. The third-order valence-electron chi connectivity index (χ3n) is 6.36. The molecular formula is C24H16N12O2. The first-order chi connectivity index (χ1) is 18.5. The van der Waals surface area contributed by atoms with Crippen LogP contribution in [-0.4, -0.2) is 60.0 Å². The van der Waals surface area contributed by atoms with Crippen molar-refractivity contribution >= 4 is 35.0 Å². The lowest BCUT2D eigenvalue weighted by molar-refractivity contribution is 0.706. The van der Waals surface area contributed by atoms with Gasteiger partial charge in [0, 0.05) is 10.4 Å². The van der Waals surface area contributed by atoms with Gasteiger partial charge >= 0.3 is 0 Å². The molecule has 7 rings (SSSR count). The summed E-state index contributed by atoms with van der Waals surface area (Å²) in [4.78, 5) is 30.0. The highest BCUT2D eigenvalue weighted by atomic mass is 16.1. The molecule has 0 saturated carbocycles. The van der Waals surface area contributed by atoms with E-state index in [9.17, 15) is 9.59 Å². The zero-order chi connectivity index (χ0) is 26.0. The van der Waals surface area contributed by atoms with E-state index in [0.717, 1.165) is 0 Å². The molecule has 0 aliphatic rings. The quantitative estimate of drug-likeness (QED) is 0.331. The van der Waals surface area contributed by atoms with Gasteiger partial charge in [0.2, 0.25) is 0 Å². The van der Waals surface area contributed by atoms with E-state index >= 15 is 0 Å². The molecule has 4 heterocycles. The normalized spacial score (nSPS) is 11.6. The van der Waals surface area contributed by atoms with Gasteiger partial charge in [0.25, 0.3) is 11.1 Å². The van der Waals surface area contributed by atoms with E-state index in [-0.39, 0.29) is 11.1 Å². The lowest BCUT2D eigenvalue weighted by Gasteiger charge is -2.07. The first-order valence-electron chi connectivity index (χ1n) is 11.3. The molecule has 0 aliphatic heterocycles. The largest absolute Gasteiger partial charge is 0.290 e. The Bertz CT molecular complexity index is 2060. The Morgan fingerprint density at radius 2 is 1.00 bits per heavy atom. The third kappa shape index (κ3) is 2.87. The van der Waals surface area contributed by atoms with Gasteiger partial charge in [0.15, 0.2) is 12.7 Å².